The molecule has 0 saturated carbocycles. The smallest absolute Gasteiger partial charge is 0.186 e. The second-order valence-electron chi connectivity index (χ2n) is 2.97. The lowest BCUT2D eigenvalue weighted by atomic mass is 10.2. The molecule has 0 spiro atoms. The van der Waals surface area contributed by atoms with E-state index in [1.807, 2.05) is 36.4 Å². The summed E-state index contributed by atoms with van der Waals surface area (Å²) in [5, 5.41) is 0. The molecule has 0 N–H and O–H groups in total. The van der Waals surface area contributed by atoms with Crippen LogP contribution in [0.3, 0.4) is 0 Å². The number of hydrogen-bond acceptors (Lipinski definition) is 2. The first kappa shape index (κ1) is 8.20. The van der Waals surface area contributed by atoms with Crippen molar-refractivity contribution in [2.24, 2.45) is 0 Å². The molecule has 1 atom stereocenters. The molecule has 2 nitrogen and oxygen atoms in total. The van der Waals surface area contributed by atoms with E-state index in [0.717, 1.165) is 5.56 Å². The summed E-state index contributed by atoms with van der Waals surface area (Å²) >= 11 is 0. The molecule has 1 unspecified atom stereocenters. The van der Waals surface area contributed by atoms with E-state index in [2.05, 4.69) is 0 Å². The third-order valence-electron chi connectivity index (χ3n) is 1.89. The maximum absolute atomic E-state index is 11.2. The monoisotopic (exact) mass is 174 g/mol. The molecule has 1 aromatic rings. The summed E-state index contributed by atoms with van der Waals surface area (Å²) in [7, 11) is 0. The molecule has 0 amide bonds. The van der Waals surface area contributed by atoms with Crippen LogP contribution in [0.2, 0.25) is 0 Å². The quantitative estimate of drug-likeness (QED) is 0.515. The zero-order valence-electron chi connectivity index (χ0n) is 7.14. The summed E-state index contributed by atoms with van der Waals surface area (Å²) in [5.41, 5.74) is 1.04. The third-order valence-corrected chi connectivity index (χ3v) is 1.89. The van der Waals surface area contributed by atoms with Gasteiger partial charge in [0.25, 0.3) is 0 Å². The average Bonchev–Trinajstić information content (AvgIpc) is 2.99. The highest BCUT2D eigenvalue weighted by Crippen LogP contribution is 2.11. The van der Waals surface area contributed by atoms with Gasteiger partial charge >= 0.3 is 0 Å². The molecule has 13 heavy (non-hydrogen) atoms. The zero-order chi connectivity index (χ0) is 9.10. The van der Waals surface area contributed by atoms with Crippen molar-refractivity contribution in [3.63, 3.8) is 0 Å². The van der Waals surface area contributed by atoms with Gasteiger partial charge in [0, 0.05) is 0 Å². The highest BCUT2D eigenvalue weighted by Gasteiger charge is 2.28. The second-order valence-corrected chi connectivity index (χ2v) is 2.97. The zero-order valence-corrected chi connectivity index (χ0v) is 7.14. The lowest BCUT2D eigenvalue weighted by Gasteiger charge is -1.89. The van der Waals surface area contributed by atoms with Gasteiger partial charge in [-0.2, -0.15) is 0 Å². The van der Waals surface area contributed by atoms with Crippen LogP contribution < -0.4 is 0 Å². The predicted molar refractivity (Wildman–Crippen MR) is 50.2 cm³/mol. The van der Waals surface area contributed by atoms with Crippen molar-refractivity contribution in [2.75, 3.05) is 6.61 Å². The van der Waals surface area contributed by atoms with Crippen molar-refractivity contribution in [1.82, 2.24) is 0 Å². The first-order valence-electron chi connectivity index (χ1n) is 4.25. The summed E-state index contributed by atoms with van der Waals surface area (Å²) in [6, 6.07) is 9.74. The Hall–Kier alpha value is -1.41. The van der Waals surface area contributed by atoms with Gasteiger partial charge in [-0.25, -0.2) is 0 Å². The first-order chi connectivity index (χ1) is 6.36. The van der Waals surface area contributed by atoms with E-state index < -0.39 is 0 Å². The normalized spacial score (nSPS) is 20.5. The molecule has 1 aliphatic rings. The van der Waals surface area contributed by atoms with E-state index >= 15 is 0 Å². The molecule has 2 rings (SSSR count). The summed E-state index contributed by atoms with van der Waals surface area (Å²) in [6.07, 6.45) is 3.22. The number of carbonyl (C=O) groups excluding carboxylic acids is 1. The number of rotatable bonds is 3. The number of ether oxygens (including phenoxy) is 1. The minimum Gasteiger partial charge on any atom is -0.364 e. The van der Waals surface area contributed by atoms with Gasteiger partial charge in [-0.05, 0) is 11.6 Å². The van der Waals surface area contributed by atoms with Crippen LogP contribution in [-0.4, -0.2) is 18.5 Å². The average molecular weight is 174 g/mol. The van der Waals surface area contributed by atoms with Crippen molar-refractivity contribution in [1.29, 1.82) is 0 Å². The Morgan fingerprint density at radius 3 is 2.69 bits per heavy atom. The molecule has 0 radical (unpaired) electrons. The summed E-state index contributed by atoms with van der Waals surface area (Å²) < 4.78 is 4.86. The Balaban J connectivity index is 2.00. The number of ketones is 1. The fourth-order valence-corrected chi connectivity index (χ4v) is 1.06. The number of benzene rings is 1. The molecule has 2 heteroatoms. The van der Waals surface area contributed by atoms with Gasteiger partial charge in [-0.1, -0.05) is 36.4 Å². The van der Waals surface area contributed by atoms with E-state index in [9.17, 15) is 4.79 Å². The second kappa shape index (κ2) is 3.54. The Morgan fingerprint density at radius 2 is 2.08 bits per heavy atom. The number of hydrogen-bond donors (Lipinski definition) is 0. The van der Waals surface area contributed by atoms with Crippen LogP contribution in [0.25, 0.3) is 6.08 Å². The van der Waals surface area contributed by atoms with Crippen LogP contribution in [0.4, 0.5) is 0 Å². The summed E-state index contributed by atoms with van der Waals surface area (Å²) in [4.78, 5) is 11.2. The SMILES string of the molecule is O=C(C=Cc1ccccc1)C1CO1. The molecule has 1 saturated heterocycles. The molecule has 0 bridgehead atoms. The van der Waals surface area contributed by atoms with E-state index in [1.165, 1.54) is 0 Å². The van der Waals surface area contributed by atoms with Crippen LogP contribution in [0.5, 0.6) is 0 Å². The standard InChI is InChI=1S/C11H10O2/c12-10(11-8-13-11)7-6-9-4-2-1-3-5-9/h1-7,11H,8H2. The van der Waals surface area contributed by atoms with Gasteiger partial charge < -0.3 is 4.74 Å². The van der Waals surface area contributed by atoms with Crippen molar-refractivity contribution in [2.45, 2.75) is 6.10 Å². The number of carbonyl (C=O) groups is 1. The molecule has 0 aliphatic carbocycles. The lowest BCUT2D eigenvalue weighted by Crippen LogP contribution is -2.00. The van der Waals surface area contributed by atoms with Gasteiger partial charge in [0.2, 0.25) is 0 Å². The van der Waals surface area contributed by atoms with Gasteiger partial charge in [-0.15, -0.1) is 0 Å². The van der Waals surface area contributed by atoms with Crippen molar-refractivity contribution >= 4 is 11.9 Å². The highest BCUT2D eigenvalue weighted by molar-refractivity contribution is 5.98. The minimum atomic E-state index is -0.167. The summed E-state index contributed by atoms with van der Waals surface area (Å²) in [5.74, 6) is 0.0591. The van der Waals surface area contributed by atoms with Crippen LogP contribution in [0.1, 0.15) is 5.56 Å². The van der Waals surface area contributed by atoms with Crippen LogP contribution >= 0.6 is 0 Å². The molecule has 1 aromatic carbocycles. The van der Waals surface area contributed by atoms with Gasteiger partial charge in [0.15, 0.2) is 5.78 Å². The maximum Gasteiger partial charge on any atom is 0.186 e. The Bertz CT molecular complexity index is 323. The van der Waals surface area contributed by atoms with Crippen molar-refractivity contribution < 1.29 is 9.53 Å². The van der Waals surface area contributed by atoms with Crippen LogP contribution in [-0.2, 0) is 9.53 Å². The third kappa shape index (κ3) is 2.26. The fraction of sp³-hybridized carbons (Fsp3) is 0.182. The maximum atomic E-state index is 11.2. The topological polar surface area (TPSA) is 29.6 Å². The van der Waals surface area contributed by atoms with Crippen LogP contribution in [0, 0.1) is 0 Å². The predicted octanol–water partition coefficient (Wildman–Crippen LogP) is 1.67. The van der Waals surface area contributed by atoms with E-state index in [0.29, 0.717) is 6.61 Å². The highest BCUT2D eigenvalue weighted by atomic mass is 16.6. The molecule has 1 fully saturated rings. The molecular weight excluding hydrogens is 164 g/mol. The molecule has 1 aliphatic heterocycles. The molecule has 1 heterocycles. The van der Waals surface area contributed by atoms with E-state index in [-0.39, 0.29) is 11.9 Å². The van der Waals surface area contributed by atoms with E-state index in [4.69, 9.17) is 4.74 Å². The summed E-state index contributed by atoms with van der Waals surface area (Å²) in [6.45, 7) is 0.581. The number of epoxide rings is 1. The fourth-order valence-electron chi connectivity index (χ4n) is 1.06. The molecular formula is C11H10O2. The van der Waals surface area contributed by atoms with Crippen LogP contribution in [0.15, 0.2) is 36.4 Å². The molecule has 66 valence electrons. The van der Waals surface area contributed by atoms with Gasteiger partial charge in [0.05, 0.1) is 6.61 Å². The van der Waals surface area contributed by atoms with E-state index in [1.54, 1.807) is 6.08 Å². The Morgan fingerprint density at radius 1 is 1.38 bits per heavy atom. The largest absolute Gasteiger partial charge is 0.364 e. The van der Waals surface area contributed by atoms with Gasteiger partial charge in [0.1, 0.15) is 6.10 Å². The molecule has 0 aromatic heterocycles. The Labute approximate surface area is 76.8 Å². The van der Waals surface area contributed by atoms with Crippen molar-refractivity contribution in [3.05, 3.63) is 42.0 Å². The Kier molecular flexibility index (Phi) is 2.23. The first-order valence-corrected chi connectivity index (χ1v) is 4.25. The van der Waals surface area contributed by atoms with Crippen molar-refractivity contribution in [3.8, 4) is 0 Å². The lowest BCUT2D eigenvalue weighted by molar-refractivity contribution is -0.115. The van der Waals surface area contributed by atoms with Gasteiger partial charge in [-0.3, -0.25) is 4.79 Å². The minimum absolute atomic E-state index is 0.0591.